The normalized spacial score (nSPS) is 15.1. The topological polar surface area (TPSA) is 41.5 Å². The second-order valence-electron chi connectivity index (χ2n) is 8.35. The van der Waals surface area contributed by atoms with Crippen molar-refractivity contribution in [2.45, 2.75) is 66.9 Å². The van der Waals surface area contributed by atoms with Crippen LogP contribution in [0.5, 0.6) is 0 Å². The van der Waals surface area contributed by atoms with Crippen LogP contribution in [0.2, 0.25) is 0 Å². The predicted octanol–water partition coefficient (Wildman–Crippen LogP) is 5.05. The lowest BCUT2D eigenvalue weighted by molar-refractivity contribution is 0.123. The number of aromatic nitrogens is 2. The molecule has 0 aliphatic carbocycles. The molecule has 29 heavy (non-hydrogen) atoms. The molecular weight excluding hydrogens is 360 g/mol. The molecule has 0 fully saturated rings. The Hall–Kier alpha value is -2.14. The lowest BCUT2D eigenvalue weighted by Gasteiger charge is -2.30. The van der Waals surface area contributed by atoms with Crippen molar-refractivity contribution in [1.29, 1.82) is 0 Å². The molecule has 1 atom stereocenters. The quantitative estimate of drug-likeness (QED) is 0.684. The van der Waals surface area contributed by atoms with E-state index in [1.807, 2.05) is 0 Å². The molecule has 0 radical (unpaired) electrons. The number of ether oxygens (including phenoxy) is 1. The lowest BCUT2D eigenvalue weighted by Crippen LogP contribution is -2.34. The summed E-state index contributed by atoms with van der Waals surface area (Å²) in [5.74, 6) is 1.89. The van der Waals surface area contributed by atoms with Crippen molar-refractivity contribution in [3.63, 3.8) is 0 Å². The Labute approximate surface area is 176 Å². The molecule has 1 aromatic heterocycles. The van der Waals surface area contributed by atoms with Gasteiger partial charge in [0.25, 0.3) is 0 Å². The summed E-state index contributed by atoms with van der Waals surface area (Å²) in [7, 11) is 1.78. The van der Waals surface area contributed by atoms with E-state index in [-0.39, 0.29) is 6.10 Å². The zero-order valence-electron chi connectivity index (χ0n) is 19.2. The number of nitrogens with zero attached hydrogens (tertiary/aromatic N) is 4. The Morgan fingerprint density at radius 2 is 1.79 bits per heavy atom. The summed E-state index contributed by atoms with van der Waals surface area (Å²) in [5, 5.41) is 0. The molecule has 3 rings (SSSR count). The number of hydrogen-bond donors (Lipinski definition) is 0. The molecule has 2 aromatic rings. The van der Waals surface area contributed by atoms with Gasteiger partial charge in [0, 0.05) is 43.7 Å². The Morgan fingerprint density at radius 1 is 1.10 bits per heavy atom. The van der Waals surface area contributed by atoms with Crippen LogP contribution in [-0.2, 0) is 11.2 Å². The van der Waals surface area contributed by atoms with Gasteiger partial charge in [-0.15, -0.1) is 0 Å². The smallest absolute Gasteiger partial charge is 0.232 e. The number of methoxy groups -OCH3 is 1. The average molecular weight is 397 g/mol. The third-order valence-corrected chi connectivity index (χ3v) is 5.93. The second-order valence-corrected chi connectivity index (χ2v) is 8.35. The maximum atomic E-state index is 5.55. The van der Waals surface area contributed by atoms with Crippen molar-refractivity contribution in [2.24, 2.45) is 0 Å². The average Bonchev–Trinajstić information content (AvgIpc) is 2.87. The predicted molar refractivity (Wildman–Crippen MR) is 122 cm³/mol. The summed E-state index contributed by atoms with van der Waals surface area (Å²) >= 11 is 0. The molecule has 1 aliphatic rings. The zero-order chi connectivity index (χ0) is 21.1. The van der Waals surface area contributed by atoms with Gasteiger partial charge in [-0.25, -0.2) is 4.98 Å². The van der Waals surface area contributed by atoms with Crippen LogP contribution < -0.4 is 9.80 Å². The van der Waals surface area contributed by atoms with Gasteiger partial charge in [0.1, 0.15) is 5.82 Å². The molecule has 0 amide bonds. The third kappa shape index (κ3) is 4.55. The van der Waals surface area contributed by atoms with Crippen LogP contribution in [0.25, 0.3) is 0 Å². The maximum absolute atomic E-state index is 5.55. The van der Waals surface area contributed by atoms with Gasteiger partial charge in [0.15, 0.2) is 0 Å². The molecule has 0 saturated heterocycles. The zero-order valence-corrected chi connectivity index (χ0v) is 19.2. The van der Waals surface area contributed by atoms with Crippen LogP contribution in [0.4, 0.5) is 17.5 Å². The molecule has 5 nitrogen and oxygen atoms in total. The molecule has 0 N–H and O–H groups in total. The van der Waals surface area contributed by atoms with Gasteiger partial charge in [-0.05, 0) is 71.9 Å². The number of benzene rings is 1. The molecule has 0 saturated carbocycles. The first kappa shape index (κ1) is 21.6. The minimum Gasteiger partial charge on any atom is -0.380 e. The highest BCUT2D eigenvalue weighted by molar-refractivity contribution is 5.68. The SMILES string of the molecule is CCN(c1nc(C)c2c(n1)N(CC(C)OC)CCCC2)c1c(C)cc(C)cc1C. The van der Waals surface area contributed by atoms with Crippen molar-refractivity contribution in [2.75, 3.05) is 36.5 Å². The number of fused-ring (bicyclic) bond motifs is 1. The molecule has 0 spiro atoms. The molecule has 1 aliphatic heterocycles. The monoisotopic (exact) mass is 396 g/mol. The highest BCUT2D eigenvalue weighted by Crippen LogP contribution is 2.34. The fourth-order valence-electron chi connectivity index (χ4n) is 4.51. The van der Waals surface area contributed by atoms with Gasteiger partial charge in [-0.1, -0.05) is 17.7 Å². The minimum atomic E-state index is 0.170. The van der Waals surface area contributed by atoms with E-state index in [9.17, 15) is 0 Å². The molecular formula is C24H36N4O. The standard InChI is InChI=1S/C24H36N4O/c1-8-28(22-17(3)13-16(2)14-18(22)4)24-25-20(6)21-11-9-10-12-27(23(21)26-24)15-19(5)29-7/h13-14,19H,8-12,15H2,1-7H3. The summed E-state index contributed by atoms with van der Waals surface area (Å²) in [4.78, 5) is 14.8. The summed E-state index contributed by atoms with van der Waals surface area (Å²) < 4.78 is 5.55. The summed E-state index contributed by atoms with van der Waals surface area (Å²) in [6, 6.07) is 4.49. The van der Waals surface area contributed by atoms with Crippen LogP contribution in [-0.4, -0.2) is 42.8 Å². The number of aryl methyl sites for hydroxylation is 4. The van der Waals surface area contributed by atoms with Gasteiger partial charge in [-0.2, -0.15) is 4.98 Å². The van der Waals surface area contributed by atoms with E-state index in [1.165, 1.54) is 40.8 Å². The molecule has 5 heteroatoms. The fraction of sp³-hybridized carbons (Fsp3) is 0.583. The van der Waals surface area contributed by atoms with Crippen molar-refractivity contribution in [3.8, 4) is 0 Å². The van der Waals surface area contributed by atoms with E-state index in [4.69, 9.17) is 14.7 Å². The highest BCUT2D eigenvalue weighted by Gasteiger charge is 2.24. The van der Waals surface area contributed by atoms with E-state index in [0.717, 1.165) is 43.5 Å². The van der Waals surface area contributed by atoms with Crippen LogP contribution in [0, 0.1) is 27.7 Å². The first-order chi connectivity index (χ1) is 13.8. The van der Waals surface area contributed by atoms with Crippen molar-refractivity contribution < 1.29 is 4.74 Å². The molecule has 158 valence electrons. The largest absolute Gasteiger partial charge is 0.380 e. The fourth-order valence-corrected chi connectivity index (χ4v) is 4.51. The number of hydrogen-bond acceptors (Lipinski definition) is 5. The Kier molecular flexibility index (Phi) is 6.78. The Balaban J connectivity index is 2.10. The Morgan fingerprint density at radius 3 is 2.41 bits per heavy atom. The second kappa shape index (κ2) is 9.12. The van der Waals surface area contributed by atoms with E-state index >= 15 is 0 Å². The number of anilines is 3. The van der Waals surface area contributed by atoms with E-state index in [2.05, 4.69) is 63.5 Å². The highest BCUT2D eigenvalue weighted by atomic mass is 16.5. The van der Waals surface area contributed by atoms with Crippen LogP contribution in [0.1, 0.15) is 54.6 Å². The van der Waals surface area contributed by atoms with Crippen molar-refractivity contribution in [3.05, 3.63) is 40.1 Å². The van der Waals surface area contributed by atoms with E-state index in [0.29, 0.717) is 0 Å². The van der Waals surface area contributed by atoms with Gasteiger partial charge in [0.2, 0.25) is 5.95 Å². The van der Waals surface area contributed by atoms with Crippen LogP contribution >= 0.6 is 0 Å². The summed E-state index contributed by atoms with van der Waals surface area (Å²) in [6.45, 7) is 15.7. The number of rotatable bonds is 6. The van der Waals surface area contributed by atoms with Crippen molar-refractivity contribution >= 4 is 17.5 Å². The molecule has 1 unspecified atom stereocenters. The first-order valence-corrected chi connectivity index (χ1v) is 10.9. The van der Waals surface area contributed by atoms with E-state index in [1.54, 1.807) is 7.11 Å². The Bertz CT molecular complexity index is 841. The molecule has 1 aromatic carbocycles. The van der Waals surface area contributed by atoms with E-state index < -0.39 is 0 Å². The van der Waals surface area contributed by atoms with Gasteiger partial charge >= 0.3 is 0 Å². The first-order valence-electron chi connectivity index (χ1n) is 10.9. The van der Waals surface area contributed by atoms with Gasteiger partial charge < -0.3 is 14.5 Å². The van der Waals surface area contributed by atoms with Crippen LogP contribution in [0.15, 0.2) is 12.1 Å². The van der Waals surface area contributed by atoms with Gasteiger partial charge in [-0.3, -0.25) is 0 Å². The van der Waals surface area contributed by atoms with Crippen molar-refractivity contribution in [1.82, 2.24) is 9.97 Å². The maximum Gasteiger partial charge on any atom is 0.232 e. The molecule has 0 bridgehead atoms. The van der Waals surface area contributed by atoms with Gasteiger partial charge in [0.05, 0.1) is 6.10 Å². The lowest BCUT2D eigenvalue weighted by atomic mass is 10.0. The summed E-state index contributed by atoms with van der Waals surface area (Å²) in [6.07, 6.45) is 3.58. The third-order valence-electron chi connectivity index (χ3n) is 5.93. The van der Waals surface area contributed by atoms with Crippen LogP contribution in [0.3, 0.4) is 0 Å². The summed E-state index contributed by atoms with van der Waals surface area (Å²) in [5.41, 5.74) is 7.45. The minimum absolute atomic E-state index is 0.170. The molecule has 2 heterocycles.